The van der Waals surface area contributed by atoms with Crippen LogP contribution in [0.4, 0.5) is 4.79 Å². The third kappa shape index (κ3) is 4.63. The van der Waals surface area contributed by atoms with Gasteiger partial charge >= 0.3 is 12.0 Å². The van der Waals surface area contributed by atoms with Gasteiger partial charge in [-0.15, -0.1) is 6.42 Å². The lowest BCUT2D eigenvalue weighted by Crippen LogP contribution is -2.50. The molecular formula is C12H18N2O4. The molecule has 2 amide bonds. The summed E-state index contributed by atoms with van der Waals surface area (Å²) in [6.07, 6.45) is 7.38. The highest BCUT2D eigenvalue weighted by atomic mass is 16.5. The number of carbonyl (C=O) groups excluding carboxylic acids is 1. The molecule has 0 heterocycles. The Morgan fingerprint density at radius 3 is 2.72 bits per heavy atom. The summed E-state index contributed by atoms with van der Waals surface area (Å²) in [5.41, 5.74) is 0. The maximum atomic E-state index is 11.9. The lowest BCUT2D eigenvalue weighted by atomic mass is 10.3. The number of hydrogen-bond acceptors (Lipinski definition) is 3. The Hall–Kier alpha value is -1.74. The fourth-order valence-electron chi connectivity index (χ4n) is 1.52. The molecule has 1 aliphatic rings. The molecule has 1 rings (SSSR count). The number of aliphatic carboxylic acids is 1. The molecule has 6 nitrogen and oxygen atoms in total. The second-order valence-electron chi connectivity index (χ2n) is 4.32. The molecule has 1 aliphatic carbocycles. The van der Waals surface area contributed by atoms with Gasteiger partial charge in [0.2, 0.25) is 0 Å². The average Bonchev–Trinajstić information content (AvgIpc) is 3.11. The first-order chi connectivity index (χ1) is 8.58. The van der Waals surface area contributed by atoms with Crippen molar-refractivity contribution in [3.8, 4) is 12.3 Å². The van der Waals surface area contributed by atoms with Crippen LogP contribution >= 0.6 is 0 Å². The van der Waals surface area contributed by atoms with Crippen molar-refractivity contribution < 1.29 is 19.4 Å². The van der Waals surface area contributed by atoms with E-state index in [2.05, 4.69) is 11.2 Å². The largest absolute Gasteiger partial charge is 0.480 e. The SMILES string of the molecule is C#CCN(CC1CC1)C(=O)NC(COC)C(=O)O. The normalized spacial score (nSPS) is 15.6. The van der Waals surface area contributed by atoms with Crippen LogP contribution in [0.5, 0.6) is 0 Å². The Morgan fingerprint density at radius 2 is 2.28 bits per heavy atom. The van der Waals surface area contributed by atoms with Crippen LogP contribution in [0.15, 0.2) is 0 Å². The first kappa shape index (κ1) is 14.3. The van der Waals surface area contributed by atoms with E-state index in [4.69, 9.17) is 16.3 Å². The van der Waals surface area contributed by atoms with E-state index < -0.39 is 18.0 Å². The summed E-state index contributed by atoms with van der Waals surface area (Å²) in [5, 5.41) is 11.3. The van der Waals surface area contributed by atoms with E-state index in [-0.39, 0.29) is 13.2 Å². The minimum atomic E-state index is -1.13. The van der Waals surface area contributed by atoms with Crippen LogP contribution in [-0.4, -0.2) is 54.9 Å². The molecule has 0 radical (unpaired) electrons. The van der Waals surface area contributed by atoms with Gasteiger partial charge in [-0.2, -0.15) is 0 Å². The summed E-state index contributed by atoms with van der Waals surface area (Å²) in [6.45, 7) is 0.686. The van der Waals surface area contributed by atoms with Crippen LogP contribution < -0.4 is 5.32 Å². The standard InChI is InChI=1S/C12H18N2O4/c1-3-6-14(7-9-4-5-9)12(17)13-10(8-18-2)11(15)16/h1,9-10H,4-8H2,2H3,(H,13,17)(H,15,16). The molecular weight excluding hydrogens is 236 g/mol. The Balaban J connectivity index is 2.52. The van der Waals surface area contributed by atoms with Crippen LogP contribution in [0.1, 0.15) is 12.8 Å². The first-order valence-electron chi connectivity index (χ1n) is 5.79. The number of carboxylic acids is 1. The van der Waals surface area contributed by atoms with Crippen molar-refractivity contribution >= 4 is 12.0 Å². The number of carbonyl (C=O) groups is 2. The highest BCUT2D eigenvalue weighted by Crippen LogP contribution is 2.29. The van der Waals surface area contributed by atoms with Gasteiger partial charge in [0.1, 0.15) is 0 Å². The molecule has 0 aromatic rings. The van der Waals surface area contributed by atoms with Crippen molar-refractivity contribution in [1.29, 1.82) is 0 Å². The van der Waals surface area contributed by atoms with Gasteiger partial charge in [0.25, 0.3) is 0 Å². The highest BCUT2D eigenvalue weighted by molar-refractivity contribution is 5.82. The number of nitrogens with zero attached hydrogens (tertiary/aromatic N) is 1. The molecule has 1 fully saturated rings. The lowest BCUT2D eigenvalue weighted by Gasteiger charge is -2.23. The minimum Gasteiger partial charge on any atom is -0.480 e. The molecule has 6 heteroatoms. The van der Waals surface area contributed by atoms with Crippen LogP contribution in [0.25, 0.3) is 0 Å². The topological polar surface area (TPSA) is 78.9 Å². The van der Waals surface area contributed by atoms with Crippen LogP contribution in [0.3, 0.4) is 0 Å². The monoisotopic (exact) mass is 254 g/mol. The quantitative estimate of drug-likeness (QED) is 0.633. The Labute approximate surface area is 106 Å². The summed E-state index contributed by atoms with van der Waals surface area (Å²) in [4.78, 5) is 24.2. The summed E-state index contributed by atoms with van der Waals surface area (Å²) in [5.74, 6) is 1.77. The number of hydrogen-bond donors (Lipinski definition) is 2. The van der Waals surface area contributed by atoms with Gasteiger partial charge in [0.15, 0.2) is 6.04 Å². The van der Waals surface area contributed by atoms with Crippen molar-refractivity contribution in [1.82, 2.24) is 10.2 Å². The molecule has 0 saturated heterocycles. The number of carboxylic acid groups (broad SMARTS) is 1. The summed E-state index contributed by atoms with van der Waals surface area (Å²) in [7, 11) is 1.38. The number of methoxy groups -OCH3 is 1. The predicted molar refractivity (Wildman–Crippen MR) is 65.0 cm³/mol. The van der Waals surface area contributed by atoms with Gasteiger partial charge in [-0.3, -0.25) is 0 Å². The van der Waals surface area contributed by atoms with Crippen molar-refractivity contribution in [2.24, 2.45) is 5.92 Å². The van der Waals surface area contributed by atoms with E-state index in [0.717, 1.165) is 12.8 Å². The van der Waals surface area contributed by atoms with Crippen LogP contribution in [0.2, 0.25) is 0 Å². The number of urea groups is 1. The van der Waals surface area contributed by atoms with E-state index in [9.17, 15) is 9.59 Å². The van der Waals surface area contributed by atoms with Gasteiger partial charge in [-0.1, -0.05) is 5.92 Å². The molecule has 0 spiro atoms. The molecule has 0 aliphatic heterocycles. The second-order valence-corrected chi connectivity index (χ2v) is 4.32. The molecule has 2 N–H and O–H groups in total. The zero-order chi connectivity index (χ0) is 13.5. The van der Waals surface area contributed by atoms with Crippen molar-refractivity contribution in [2.45, 2.75) is 18.9 Å². The van der Waals surface area contributed by atoms with Crippen LogP contribution in [-0.2, 0) is 9.53 Å². The smallest absolute Gasteiger partial charge is 0.328 e. The van der Waals surface area contributed by atoms with Crippen molar-refractivity contribution in [3.63, 3.8) is 0 Å². The summed E-state index contributed by atoms with van der Waals surface area (Å²) in [6, 6.07) is -1.51. The van der Waals surface area contributed by atoms with Gasteiger partial charge in [0, 0.05) is 13.7 Å². The fourth-order valence-corrected chi connectivity index (χ4v) is 1.52. The molecule has 0 bridgehead atoms. The zero-order valence-electron chi connectivity index (χ0n) is 10.4. The van der Waals surface area contributed by atoms with Gasteiger partial charge in [-0.05, 0) is 18.8 Å². The molecule has 18 heavy (non-hydrogen) atoms. The molecule has 0 aromatic heterocycles. The fraction of sp³-hybridized carbons (Fsp3) is 0.667. The van der Waals surface area contributed by atoms with E-state index in [1.807, 2.05) is 0 Å². The van der Waals surface area contributed by atoms with E-state index in [0.29, 0.717) is 12.5 Å². The average molecular weight is 254 g/mol. The number of nitrogens with one attached hydrogen (secondary N) is 1. The maximum absolute atomic E-state index is 11.9. The number of ether oxygens (including phenoxy) is 1. The summed E-state index contributed by atoms with van der Waals surface area (Å²) >= 11 is 0. The highest BCUT2D eigenvalue weighted by Gasteiger charge is 2.28. The third-order valence-corrected chi connectivity index (χ3v) is 2.67. The number of rotatable bonds is 7. The van der Waals surface area contributed by atoms with Crippen molar-refractivity contribution in [2.75, 3.05) is 26.8 Å². The van der Waals surface area contributed by atoms with Gasteiger partial charge in [-0.25, -0.2) is 9.59 Å². The minimum absolute atomic E-state index is 0.0750. The number of amides is 2. The first-order valence-corrected chi connectivity index (χ1v) is 5.79. The van der Waals surface area contributed by atoms with E-state index >= 15 is 0 Å². The molecule has 1 unspecified atom stereocenters. The lowest BCUT2D eigenvalue weighted by molar-refractivity contribution is -0.140. The van der Waals surface area contributed by atoms with E-state index in [1.165, 1.54) is 12.0 Å². The van der Waals surface area contributed by atoms with Gasteiger partial charge < -0.3 is 20.1 Å². The Kier molecular flexibility index (Phi) is 5.46. The molecule has 0 aromatic carbocycles. The second kappa shape index (κ2) is 6.87. The Bertz CT molecular complexity index is 346. The van der Waals surface area contributed by atoms with E-state index in [1.54, 1.807) is 0 Å². The van der Waals surface area contributed by atoms with Gasteiger partial charge in [0.05, 0.1) is 13.2 Å². The maximum Gasteiger partial charge on any atom is 0.328 e. The predicted octanol–water partition coefficient (Wildman–Crippen LogP) is 0.141. The van der Waals surface area contributed by atoms with Crippen molar-refractivity contribution in [3.05, 3.63) is 0 Å². The molecule has 1 atom stereocenters. The third-order valence-electron chi connectivity index (χ3n) is 2.67. The number of terminal acetylenes is 1. The zero-order valence-corrected chi connectivity index (χ0v) is 10.4. The Morgan fingerprint density at radius 1 is 1.61 bits per heavy atom. The summed E-state index contributed by atoms with van der Waals surface area (Å²) < 4.78 is 4.74. The molecule has 100 valence electrons. The van der Waals surface area contributed by atoms with Crippen LogP contribution in [0, 0.1) is 18.3 Å². The molecule has 1 saturated carbocycles.